The molecular formula is C13H22N2O2S. The highest BCUT2D eigenvalue weighted by Crippen LogP contribution is 2.13. The Morgan fingerprint density at radius 2 is 1.67 bits per heavy atom. The van der Waals surface area contributed by atoms with Gasteiger partial charge in [-0.25, -0.2) is 13.1 Å². The minimum absolute atomic E-state index is 0.00127. The molecule has 0 aromatic heterocycles. The van der Waals surface area contributed by atoms with Crippen molar-refractivity contribution in [3.8, 4) is 0 Å². The van der Waals surface area contributed by atoms with Gasteiger partial charge in [-0.3, -0.25) is 0 Å². The smallest absolute Gasteiger partial charge is 0.216 e. The fourth-order valence-corrected chi connectivity index (χ4v) is 3.21. The van der Waals surface area contributed by atoms with E-state index < -0.39 is 15.6 Å². The molecule has 0 aliphatic rings. The number of nitrogens with one attached hydrogen (secondary N) is 1. The molecule has 1 rings (SSSR count). The van der Waals surface area contributed by atoms with Crippen LogP contribution in [0.3, 0.4) is 0 Å². The minimum atomic E-state index is -3.31. The van der Waals surface area contributed by atoms with E-state index in [1.54, 1.807) is 12.1 Å². The van der Waals surface area contributed by atoms with E-state index in [2.05, 4.69) is 4.72 Å². The molecule has 3 N–H and O–H groups in total. The van der Waals surface area contributed by atoms with Crippen LogP contribution in [0.15, 0.2) is 24.3 Å². The number of hydrogen-bond donors (Lipinski definition) is 2. The number of sulfonamides is 1. The van der Waals surface area contributed by atoms with Gasteiger partial charge in [0.2, 0.25) is 10.0 Å². The van der Waals surface area contributed by atoms with Gasteiger partial charge < -0.3 is 5.73 Å². The Bertz CT molecular complexity index is 478. The number of nitrogens with two attached hydrogens (primary N) is 1. The molecule has 1 aromatic rings. The number of rotatable bonds is 6. The summed E-state index contributed by atoms with van der Waals surface area (Å²) < 4.78 is 26.7. The van der Waals surface area contributed by atoms with Gasteiger partial charge in [0, 0.05) is 12.1 Å². The molecule has 0 heterocycles. The van der Waals surface area contributed by atoms with E-state index in [1.165, 1.54) is 0 Å². The Balaban J connectivity index is 2.76. The Labute approximate surface area is 110 Å². The van der Waals surface area contributed by atoms with Crippen molar-refractivity contribution >= 4 is 10.0 Å². The van der Waals surface area contributed by atoms with Crippen molar-refractivity contribution in [2.24, 2.45) is 5.73 Å². The summed E-state index contributed by atoms with van der Waals surface area (Å²) in [5.74, 6) is 0.00127. The molecule has 0 unspecified atom stereocenters. The van der Waals surface area contributed by atoms with Crippen molar-refractivity contribution in [3.63, 3.8) is 0 Å². The maximum Gasteiger partial charge on any atom is 0.216 e. The minimum Gasteiger partial charge on any atom is -0.326 e. The van der Waals surface area contributed by atoms with Crippen LogP contribution in [0.2, 0.25) is 0 Å². The molecule has 0 aliphatic carbocycles. The Morgan fingerprint density at radius 1 is 1.17 bits per heavy atom. The summed E-state index contributed by atoms with van der Waals surface area (Å²) in [6, 6.07) is 7.33. The summed E-state index contributed by atoms with van der Waals surface area (Å²) in [6.45, 7) is 6.18. The van der Waals surface area contributed by atoms with Gasteiger partial charge in [-0.15, -0.1) is 0 Å². The quantitative estimate of drug-likeness (QED) is 0.827. The second-order valence-corrected chi connectivity index (χ2v) is 6.84. The Hall–Kier alpha value is -0.910. The van der Waals surface area contributed by atoms with Crippen LogP contribution in [0.25, 0.3) is 0 Å². The molecule has 5 heteroatoms. The maximum absolute atomic E-state index is 12.0. The highest BCUT2D eigenvalue weighted by Gasteiger charge is 2.22. The second-order valence-electron chi connectivity index (χ2n) is 5.12. The number of hydrogen-bond acceptors (Lipinski definition) is 3. The fraction of sp³-hybridized carbons (Fsp3) is 0.538. The molecule has 0 saturated carbocycles. The van der Waals surface area contributed by atoms with Gasteiger partial charge in [0.15, 0.2) is 0 Å². The first-order valence-corrected chi connectivity index (χ1v) is 7.73. The molecule has 0 aliphatic heterocycles. The zero-order valence-corrected chi connectivity index (χ0v) is 12.0. The molecule has 0 bridgehead atoms. The summed E-state index contributed by atoms with van der Waals surface area (Å²) in [5, 5.41) is 0. The Morgan fingerprint density at radius 3 is 2.11 bits per heavy atom. The van der Waals surface area contributed by atoms with E-state index in [0.717, 1.165) is 17.5 Å². The average molecular weight is 270 g/mol. The van der Waals surface area contributed by atoms with Crippen molar-refractivity contribution in [1.82, 2.24) is 4.72 Å². The third-order valence-corrected chi connectivity index (χ3v) is 4.51. The zero-order valence-electron chi connectivity index (χ0n) is 11.2. The molecular weight excluding hydrogens is 248 g/mol. The van der Waals surface area contributed by atoms with E-state index in [0.29, 0.717) is 6.54 Å². The number of benzene rings is 1. The van der Waals surface area contributed by atoms with Gasteiger partial charge in [0.25, 0.3) is 0 Å². The summed E-state index contributed by atoms with van der Waals surface area (Å²) in [7, 11) is -3.31. The molecule has 0 atom stereocenters. The SMILES string of the molecule is CCC(C)(C)NS(=O)(=O)Cc1ccc(CN)cc1. The normalized spacial score (nSPS) is 12.7. The standard InChI is InChI=1S/C13H22N2O2S/c1-4-13(2,3)15-18(16,17)10-12-7-5-11(9-14)6-8-12/h5-8,15H,4,9-10,14H2,1-3H3. The van der Waals surface area contributed by atoms with Gasteiger partial charge in [0.05, 0.1) is 5.75 Å². The maximum atomic E-state index is 12.0. The van der Waals surface area contributed by atoms with Crippen molar-refractivity contribution in [1.29, 1.82) is 0 Å². The predicted octanol–water partition coefficient (Wildman–Crippen LogP) is 1.75. The van der Waals surface area contributed by atoms with Crippen LogP contribution in [0, 0.1) is 0 Å². The molecule has 1 aromatic carbocycles. The summed E-state index contributed by atoms with van der Waals surface area (Å²) in [4.78, 5) is 0. The lowest BCUT2D eigenvalue weighted by atomic mass is 10.0. The van der Waals surface area contributed by atoms with Gasteiger partial charge in [-0.05, 0) is 31.4 Å². The summed E-state index contributed by atoms with van der Waals surface area (Å²) in [6.07, 6.45) is 0.748. The van der Waals surface area contributed by atoms with Crippen LogP contribution in [0.1, 0.15) is 38.3 Å². The summed E-state index contributed by atoms with van der Waals surface area (Å²) >= 11 is 0. The average Bonchev–Trinajstić information content (AvgIpc) is 2.28. The van der Waals surface area contributed by atoms with E-state index in [1.807, 2.05) is 32.9 Å². The molecule has 102 valence electrons. The zero-order chi connectivity index (χ0) is 13.8. The van der Waals surface area contributed by atoms with Crippen molar-refractivity contribution in [2.45, 2.75) is 45.0 Å². The van der Waals surface area contributed by atoms with Crippen LogP contribution in [-0.2, 0) is 22.3 Å². The third kappa shape index (κ3) is 4.76. The van der Waals surface area contributed by atoms with Crippen LogP contribution >= 0.6 is 0 Å². The topological polar surface area (TPSA) is 72.2 Å². The lowest BCUT2D eigenvalue weighted by molar-refractivity contribution is 0.439. The van der Waals surface area contributed by atoms with Gasteiger partial charge >= 0.3 is 0 Å². The van der Waals surface area contributed by atoms with Gasteiger partial charge in [0.1, 0.15) is 0 Å². The lowest BCUT2D eigenvalue weighted by Gasteiger charge is -2.24. The van der Waals surface area contributed by atoms with Crippen molar-refractivity contribution < 1.29 is 8.42 Å². The molecule has 0 saturated heterocycles. The van der Waals surface area contributed by atoms with Crippen LogP contribution in [-0.4, -0.2) is 14.0 Å². The Kier molecular flexibility index (Phi) is 4.90. The highest BCUT2D eigenvalue weighted by atomic mass is 32.2. The van der Waals surface area contributed by atoms with E-state index in [9.17, 15) is 8.42 Å². The monoisotopic (exact) mass is 270 g/mol. The molecule has 0 spiro atoms. The molecule has 0 radical (unpaired) electrons. The van der Waals surface area contributed by atoms with Crippen molar-refractivity contribution in [2.75, 3.05) is 0 Å². The van der Waals surface area contributed by atoms with Gasteiger partial charge in [-0.1, -0.05) is 31.2 Å². The van der Waals surface area contributed by atoms with E-state index in [-0.39, 0.29) is 5.75 Å². The highest BCUT2D eigenvalue weighted by molar-refractivity contribution is 7.88. The lowest BCUT2D eigenvalue weighted by Crippen LogP contribution is -2.43. The first-order chi connectivity index (χ1) is 8.28. The predicted molar refractivity (Wildman–Crippen MR) is 74.5 cm³/mol. The van der Waals surface area contributed by atoms with Crippen LogP contribution in [0.5, 0.6) is 0 Å². The van der Waals surface area contributed by atoms with Crippen molar-refractivity contribution in [3.05, 3.63) is 35.4 Å². The largest absolute Gasteiger partial charge is 0.326 e. The third-order valence-electron chi connectivity index (χ3n) is 2.93. The molecule has 4 nitrogen and oxygen atoms in total. The molecule has 0 fully saturated rings. The van der Waals surface area contributed by atoms with Crippen LogP contribution in [0.4, 0.5) is 0 Å². The van der Waals surface area contributed by atoms with Gasteiger partial charge in [-0.2, -0.15) is 0 Å². The summed E-state index contributed by atoms with van der Waals surface area (Å²) in [5.41, 5.74) is 6.86. The molecule has 0 amide bonds. The fourth-order valence-electron chi connectivity index (χ4n) is 1.52. The van der Waals surface area contributed by atoms with Crippen LogP contribution < -0.4 is 10.5 Å². The first-order valence-electron chi connectivity index (χ1n) is 6.07. The molecule has 18 heavy (non-hydrogen) atoms. The first kappa shape index (κ1) is 15.1. The van der Waals surface area contributed by atoms with E-state index >= 15 is 0 Å². The second kappa shape index (κ2) is 5.82. The van der Waals surface area contributed by atoms with E-state index in [4.69, 9.17) is 5.73 Å².